The Morgan fingerprint density at radius 3 is 2.92 bits per heavy atom. The Kier molecular flexibility index (Phi) is 5.93. The van der Waals surface area contributed by atoms with Gasteiger partial charge in [0.1, 0.15) is 10.6 Å². The Bertz CT molecular complexity index is 799. The predicted octanol–water partition coefficient (Wildman–Crippen LogP) is 4.07. The van der Waals surface area contributed by atoms with E-state index in [0.29, 0.717) is 28.8 Å². The van der Waals surface area contributed by atoms with Gasteiger partial charge in [-0.2, -0.15) is 0 Å². The monoisotopic (exact) mass is 373 g/mol. The molecule has 1 amide bonds. The van der Waals surface area contributed by atoms with Crippen molar-refractivity contribution in [3.05, 3.63) is 45.6 Å². The smallest absolute Gasteiger partial charge is 0.348 e. The molecule has 0 saturated heterocycles. The first-order valence-electron chi connectivity index (χ1n) is 8.87. The van der Waals surface area contributed by atoms with Crippen LogP contribution >= 0.6 is 11.3 Å². The zero-order chi connectivity index (χ0) is 18.5. The number of aryl methyl sites for hydroxylation is 1. The van der Waals surface area contributed by atoms with E-state index in [0.717, 1.165) is 19.3 Å². The Hall–Kier alpha value is -2.34. The second kappa shape index (κ2) is 8.36. The fourth-order valence-corrected chi connectivity index (χ4v) is 4.15. The highest BCUT2D eigenvalue weighted by atomic mass is 32.1. The molecule has 1 aliphatic rings. The standard InChI is InChI=1S/C20H23NO4S/c1-3-24-16-7-5-4-6-15(16)21-19(22)12-25-20(23)18-11-14-10-13(2)8-9-17(14)26-18/h4-7,11,13H,3,8-10,12H2,1-2H3,(H,21,22)/t13-/m0/s1. The van der Waals surface area contributed by atoms with Crippen LogP contribution in [0.15, 0.2) is 30.3 Å². The van der Waals surface area contributed by atoms with E-state index in [2.05, 4.69) is 12.2 Å². The molecular weight excluding hydrogens is 350 g/mol. The van der Waals surface area contributed by atoms with Gasteiger partial charge in [-0.05, 0) is 55.9 Å². The van der Waals surface area contributed by atoms with Crippen LogP contribution in [0.4, 0.5) is 5.69 Å². The van der Waals surface area contributed by atoms with Crippen molar-refractivity contribution in [3.63, 3.8) is 0 Å². The lowest BCUT2D eigenvalue weighted by molar-refractivity contribution is -0.119. The van der Waals surface area contributed by atoms with E-state index < -0.39 is 5.97 Å². The number of carbonyl (C=O) groups is 2. The molecule has 6 heteroatoms. The molecule has 1 aromatic heterocycles. The van der Waals surface area contributed by atoms with E-state index >= 15 is 0 Å². The Labute approximate surface area is 157 Å². The first kappa shape index (κ1) is 18.5. The van der Waals surface area contributed by atoms with Crippen molar-refractivity contribution >= 4 is 28.9 Å². The number of thiophene rings is 1. The summed E-state index contributed by atoms with van der Waals surface area (Å²) in [6, 6.07) is 9.09. The molecule has 0 radical (unpaired) electrons. The molecule has 0 spiro atoms. The molecule has 1 heterocycles. The number of esters is 1. The molecule has 0 bridgehead atoms. The van der Waals surface area contributed by atoms with E-state index in [1.807, 2.05) is 19.1 Å². The summed E-state index contributed by atoms with van der Waals surface area (Å²) in [5, 5.41) is 2.72. The number of rotatable bonds is 6. The van der Waals surface area contributed by atoms with Gasteiger partial charge < -0.3 is 14.8 Å². The highest BCUT2D eigenvalue weighted by Crippen LogP contribution is 2.32. The maximum atomic E-state index is 12.3. The average molecular weight is 373 g/mol. The molecule has 1 aromatic carbocycles. The van der Waals surface area contributed by atoms with Gasteiger partial charge in [0.15, 0.2) is 6.61 Å². The Morgan fingerprint density at radius 1 is 1.31 bits per heavy atom. The highest BCUT2D eigenvalue weighted by Gasteiger charge is 2.21. The summed E-state index contributed by atoms with van der Waals surface area (Å²) in [5.74, 6) is 0.414. The third-order valence-electron chi connectivity index (χ3n) is 4.33. The first-order chi connectivity index (χ1) is 12.6. The SMILES string of the molecule is CCOc1ccccc1NC(=O)COC(=O)c1cc2c(s1)CC[C@H](C)C2. The molecule has 2 aromatic rings. The number of anilines is 1. The van der Waals surface area contributed by atoms with Crippen LogP contribution in [0.3, 0.4) is 0 Å². The topological polar surface area (TPSA) is 64.6 Å². The highest BCUT2D eigenvalue weighted by molar-refractivity contribution is 7.14. The second-order valence-corrected chi connectivity index (χ2v) is 7.60. The summed E-state index contributed by atoms with van der Waals surface area (Å²) < 4.78 is 10.7. The number of hydrogen-bond acceptors (Lipinski definition) is 5. The fraction of sp³-hybridized carbons (Fsp3) is 0.400. The zero-order valence-electron chi connectivity index (χ0n) is 15.0. The van der Waals surface area contributed by atoms with Gasteiger partial charge in [0.2, 0.25) is 0 Å². The predicted molar refractivity (Wildman–Crippen MR) is 102 cm³/mol. The van der Waals surface area contributed by atoms with Gasteiger partial charge in [-0.1, -0.05) is 19.1 Å². The minimum atomic E-state index is -0.440. The molecule has 0 aliphatic heterocycles. The van der Waals surface area contributed by atoms with Crippen LogP contribution in [0.1, 0.15) is 40.4 Å². The lowest BCUT2D eigenvalue weighted by atomic mass is 9.90. The number of ether oxygens (including phenoxy) is 2. The van der Waals surface area contributed by atoms with Crippen molar-refractivity contribution in [1.29, 1.82) is 0 Å². The van der Waals surface area contributed by atoms with Gasteiger partial charge in [0.05, 0.1) is 12.3 Å². The molecule has 5 nitrogen and oxygen atoms in total. The lowest BCUT2D eigenvalue weighted by Gasteiger charge is -2.16. The van der Waals surface area contributed by atoms with Gasteiger partial charge in [0.25, 0.3) is 5.91 Å². The van der Waals surface area contributed by atoms with Crippen molar-refractivity contribution in [1.82, 2.24) is 0 Å². The van der Waals surface area contributed by atoms with Crippen molar-refractivity contribution in [2.24, 2.45) is 5.92 Å². The van der Waals surface area contributed by atoms with Gasteiger partial charge in [-0.3, -0.25) is 4.79 Å². The van der Waals surface area contributed by atoms with Crippen LogP contribution < -0.4 is 10.1 Å². The van der Waals surface area contributed by atoms with Crippen molar-refractivity contribution in [3.8, 4) is 5.75 Å². The quantitative estimate of drug-likeness (QED) is 0.776. The van der Waals surface area contributed by atoms with Gasteiger partial charge >= 0.3 is 5.97 Å². The summed E-state index contributed by atoms with van der Waals surface area (Å²) >= 11 is 1.48. The van der Waals surface area contributed by atoms with Crippen LogP contribution in [0.2, 0.25) is 0 Å². The number of fused-ring (bicyclic) bond motifs is 1. The normalized spacial score (nSPS) is 15.8. The van der Waals surface area contributed by atoms with Crippen molar-refractivity contribution in [2.45, 2.75) is 33.1 Å². The Morgan fingerprint density at radius 2 is 2.12 bits per heavy atom. The number of para-hydroxylation sites is 2. The summed E-state index contributed by atoms with van der Waals surface area (Å²) in [6.07, 6.45) is 3.18. The number of benzene rings is 1. The third-order valence-corrected chi connectivity index (χ3v) is 5.54. The molecule has 0 unspecified atom stereocenters. The number of nitrogens with one attached hydrogen (secondary N) is 1. The van der Waals surface area contributed by atoms with Crippen LogP contribution in [0.25, 0.3) is 0 Å². The van der Waals surface area contributed by atoms with E-state index in [1.54, 1.807) is 18.2 Å². The zero-order valence-corrected chi connectivity index (χ0v) is 15.9. The van der Waals surface area contributed by atoms with Gasteiger partial charge in [0, 0.05) is 4.88 Å². The molecular formula is C20H23NO4S. The second-order valence-electron chi connectivity index (χ2n) is 6.46. The third kappa shape index (κ3) is 4.43. The molecule has 1 aliphatic carbocycles. The molecule has 138 valence electrons. The van der Waals surface area contributed by atoms with E-state index in [4.69, 9.17) is 9.47 Å². The van der Waals surface area contributed by atoms with E-state index in [9.17, 15) is 9.59 Å². The van der Waals surface area contributed by atoms with E-state index in [-0.39, 0.29) is 12.5 Å². The van der Waals surface area contributed by atoms with Crippen LogP contribution in [0.5, 0.6) is 5.75 Å². The number of hydrogen-bond donors (Lipinski definition) is 1. The van der Waals surface area contributed by atoms with Gasteiger partial charge in [-0.25, -0.2) is 4.79 Å². The molecule has 3 rings (SSSR count). The van der Waals surface area contributed by atoms with Crippen LogP contribution in [-0.4, -0.2) is 25.1 Å². The summed E-state index contributed by atoms with van der Waals surface area (Å²) in [6.45, 7) is 4.28. The fourth-order valence-electron chi connectivity index (χ4n) is 3.05. The summed E-state index contributed by atoms with van der Waals surface area (Å²) in [5.41, 5.74) is 1.81. The Balaban J connectivity index is 1.56. The number of carbonyl (C=O) groups excluding carboxylic acids is 2. The maximum absolute atomic E-state index is 12.3. The largest absolute Gasteiger partial charge is 0.492 e. The summed E-state index contributed by atoms with van der Waals surface area (Å²) in [4.78, 5) is 26.2. The lowest BCUT2D eigenvalue weighted by Crippen LogP contribution is -2.21. The molecule has 1 atom stereocenters. The number of amides is 1. The van der Waals surface area contributed by atoms with Crippen LogP contribution in [0, 0.1) is 5.92 Å². The molecule has 1 N–H and O–H groups in total. The molecule has 0 saturated carbocycles. The molecule has 0 fully saturated rings. The van der Waals surface area contributed by atoms with E-state index in [1.165, 1.54) is 21.8 Å². The van der Waals surface area contributed by atoms with Crippen LogP contribution in [-0.2, 0) is 22.4 Å². The van der Waals surface area contributed by atoms with Crippen molar-refractivity contribution < 1.29 is 19.1 Å². The minimum Gasteiger partial charge on any atom is -0.492 e. The minimum absolute atomic E-state index is 0.321. The van der Waals surface area contributed by atoms with Crippen molar-refractivity contribution in [2.75, 3.05) is 18.5 Å². The molecule has 26 heavy (non-hydrogen) atoms. The average Bonchev–Trinajstić information content (AvgIpc) is 3.05. The first-order valence-corrected chi connectivity index (χ1v) is 9.68. The van der Waals surface area contributed by atoms with Gasteiger partial charge in [-0.15, -0.1) is 11.3 Å². The maximum Gasteiger partial charge on any atom is 0.348 e. The summed E-state index contributed by atoms with van der Waals surface area (Å²) in [7, 11) is 0.